The van der Waals surface area contributed by atoms with Gasteiger partial charge in [0.05, 0.1) is 28.4 Å². The number of carbonyl (C=O) groups excluding carboxylic acids is 1. The van der Waals surface area contributed by atoms with Crippen molar-refractivity contribution in [3.8, 4) is 5.88 Å². The van der Waals surface area contributed by atoms with E-state index < -0.39 is 4.92 Å². The lowest BCUT2D eigenvalue weighted by Crippen LogP contribution is -2.47. The van der Waals surface area contributed by atoms with Crippen LogP contribution in [-0.4, -0.2) is 71.3 Å². The third-order valence-electron chi connectivity index (χ3n) is 6.68. The molecule has 1 aliphatic heterocycles. The van der Waals surface area contributed by atoms with E-state index in [4.69, 9.17) is 4.99 Å². The highest BCUT2D eigenvalue weighted by atomic mass is 16.6. The van der Waals surface area contributed by atoms with E-state index in [9.17, 15) is 20.0 Å². The molecule has 1 amide bonds. The zero-order chi connectivity index (χ0) is 26.6. The Kier molecular flexibility index (Phi) is 7.16. The van der Waals surface area contributed by atoms with Crippen LogP contribution in [0.2, 0.25) is 0 Å². The fourth-order valence-electron chi connectivity index (χ4n) is 4.57. The minimum Gasteiger partial charge on any atom is -0.494 e. The van der Waals surface area contributed by atoms with Crippen LogP contribution >= 0.6 is 0 Å². The third kappa shape index (κ3) is 5.26. The van der Waals surface area contributed by atoms with Gasteiger partial charge in [0.25, 0.3) is 5.69 Å². The first-order valence-electron chi connectivity index (χ1n) is 12.3. The first-order valence-corrected chi connectivity index (χ1v) is 12.3. The van der Waals surface area contributed by atoms with Crippen LogP contribution in [-0.2, 0) is 4.79 Å². The molecule has 0 saturated carbocycles. The normalized spacial score (nSPS) is 14.5. The van der Waals surface area contributed by atoms with Gasteiger partial charge in [-0.2, -0.15) is 0 Å². The summed E-state index contributed by atoms with van der Waals surface area (Å²) >= 11 is 0. The molecule has 10 nitrogen and oxygen atoms in total. The predicted octanol–water partition coefficient (Wildman–Crippen LogP) is 3.82. The number of nitrogens with zero attached hydrogens (tertiary/aromatic N) is 4. The van der Waals surface area contributed by atoms with Crippen molar-refractivity contribution in [1.82, 2.24) is 15.2 Å². The number of nitro benzene ring substituents is 1. The summed E-state index contributed by atoms with van der Waals surface area (Å²) in [6.07, 6.45) is 0. The maximum Gasteiger partial charge on any atom is 0.270 e. The Morgan fingerprint density at radius 3 is 2.47 bits per heavy atom. The van der Waals surface area contributed by atoms with Gasteiger partial charge in [-0.1, -0.05) is 30.3 Å². The van der Waals surface area contributed by atoms with Crippen LogP contribution in [0.3, 0.4) is 0 Å². The molecule has 3 aromatic carbocycles. The summed E-state index contributed by atoms with van der Waals surface area (Å²) in [5, 5.41) is 26.0. The summed E-state index contributed by atoms with van der Waals surface area (Å²) in [6.45, 7) is 3.82. The molecule has 1 saturated heterocycles. The molecule has 1 aliphatic rings. The highest BCUT2D eigenvalue weighted by Gasteiger charge is 2.21. The van der Waals surface area contributed by atoms with E-state index >= 15 is 0 Å². The van der Waals surface area contributed by atoms with Crippen LogP contribution < -0.4 is 10.2 Å². The molecule has 3 N–H and O–H groups in total. The number of aromatic amines is 1. The van der Waals surface area contributed by atoms with E-state index in [-0.39, 0.29) is 17.5 Å². The number of rotatable bonds is 7. The molecular formula is C28H28N6O4. The topological polar surface area (TPSA) is 127 Å². The number of hydrogen-bond acceptors (Lipinski definition) is 7. The molecule has 4 aromatic rings. The van der Waals surface area contributed by atoms with Gasteiger partial charge < -0.3 is 20.3 Å². The minimum atomic E-state index is -0.467. The number of aromatic hydroxyl groups is 1. The summed E-state index contributed by atoms with van der Waals surface area (Å²) in [6, 6.07) is 21.0. The van der Waals surface area contributed by atoms with Crippen molar-refractivity contribution in [2.45, 2.75) is 0 Å². The highest BCUT2D eigenvalue weighted by molar-refractivity contribution is 6.22. The Hall–Kier alpha value is -4.54. The van der Waals surface area contributed by atoms with E-state index in [1.165, 1.54) is 12.1 Å². The van der Waals surface area contributed by atoms with Gasteiger partial charge in [-0.25, -0.2) is 4.99 Å². The molecule has 38 heavy (non-hydrogen) atoms. The molecule has 0 aliphatic carbocycles. The smallest absolute Gasteiger partial charge is 0.270 e. The number of fused-ring (bicyclic) bond motifs is 1. The van der Waals surface area contributed by atoms with Crippen molar-refractivity contribution < 1.29 is 14.8 Å². The standard InChI is InChI=1S/C28H28N6O4/c1-32(25(35)18-33-15-13-29-14-16-33)21-9-7-20(8-10-21)30-27(19-5-3-2-4-6-19)26-23-17-22(34(37)38)11-12-24(23)31-28(26)36/h2-12,17,29,31,36H,13-16,18H2,1H3. The largest absolute Gasteiger partial charge is 0.494 e. The van der Waals surface area contributed by atoms with Crippen molar-refractivity contribution in [3.05, 3.63) is 94.0 Å². The summed E-state index contributed by atoms with van der Waals surface area (Å²) in [4.78, 5) is 35.3. The van der Waals surface area contributed by atoms with Crippen LogP contribution in [0, 0.1) is 10.1 Å². The Morgan fingerprint density at radius 1 is 1.08 bits per heavy atom. The number of nitro groups is 1. The van der Waals surface area contributed by atoms with Gasteiger partial charge in [-0.05, 0) is 30.3 Å². The molecule has 5 rings (SSSR count). The van der Waals surface area contributed by atoms with E-state index in [0.717, 1.165) is 37.4 Å². The number of hydrogen-bond donors (Lipinski definition) is 3. The van der Waals surface area contributed by atoms with E-state index in [1.54, 1.807) is 30.1 Å². The maximum absolute atomic E-state index is 12.8. The van der Waals surface area contributed by atoms with Gasteiger partial charge >= 0.3 is 0 Å². The number of amides is 1. The van der Waals surface area contributed by atoms with Gasteiger partial charge in [0.2, 0.25) is 5.91 Å². The lowest BCUT2D eigenvalue weighted by atomic mass is 10.0. The third-order valence-corrected chi connectivity index (χ3v) is 6.68. The van der Waals surface area contributed by atoms with Crippen molar-refractivity contribution >= 4 is 39.6 Å². The number of aliphatic imine (C=N–C) groups is 1. The number of H-pyrrole nitrogens is 1. The zero-order valence-corrected chi connectivity index (χ0v) is 20.9. The highest BCUT2D eigenvalue weighted by Crippen LogP contribution is 2.33. The molecule has 10 heteroatoms. The van der Waals surface area contributed by atoms with Gasteiger partial charge in [0.1, 0.15) is 0 Å². The first kappa shape index (κ1) is 25.1. The Bertz CT molecular complexity index is 1490. The molecule has 0 unspecified atom stereocenters. The van der Waals surface area contributed by atoms with Gasteiger partial charge in [-0.15, -0.1) is 0 Å². The molecule has 1 fully saturated rings. The number of anilines is 1. The predicted molar refractivity (Wildman–Crippen MR) is 148 cm³/mol. The maximum atomic E-state index is 12.8. The number of benzene rings is 3. The van der Waals surface area contributed by atoms with Crippen molar-refractivity contribution in [3.63, 3.8) is 0 Å². The quantitative estimate of drug-likeness (QED) is 0.196. The second kappa shape index (κ2) is 10.8. The monoisotopic (exact) mass is 512 g/mol. The summed E-state index contributed by atoms with van der Waals surface area (Å²) in [7, 11) is 1.76. The molecule has 194 valence electrons. The Morgan fingerprint density at radius 2 is 1.79 bits per heavy atom. The number of carbonyl (C=O) groups is 1. The average Bonchev–Trinajstić information content (AvgIpc) is 3.27. The SMILES string of the molecule is CN(C(=O)CN1CCNCC1)c1ccc(N=C(c2ccccc2)c2c(O)[nH]c3ccc([N+](=O)[O-])cc23)cc1. The second-order valence-electron chi connectivity index (χ2n) is 9.16. The van der Waals surface area contributed by atoms with Gasteiger partial charge in [-0.3, -0.25) is 19.8 Å². The van der Waals surface area contributed by atoms with E-state index in [2.05, 4.69) is 15.2 Å². The Labute approximate surface area is 219 Å². The number of nitrogens with one attached hydrogen (secondary N) is 2. The van der Waals surface area contributed by atoms with Crippen LogP contribution in [0.25, 0.3) is 10.9 Å². The Balaban J connectivity index is 1.49. The minimum absolute atomic E-state index is 0.0124. The van der Waals surface area contributed by atoms with Gasteiger partial charge in [0.15, 0.2) is 5.88 Å². The lowest BCUT2D eigenvalue weighted by molar-refractivity contribution is -0.384. The molecule has 0 radical (unpaired) electrons. The number of piperazine rings is 1. The van der Waals surface area contributed by atoms with Crippen LogP contribution in [0.5, 0.6) is 5.88 Å². The van der Waals surface area contributed by atoms with Crippen molar-refractivity contribution in [2.24, 2.45) is 4.99 Å². The number of non-ortho nitro benzene ring substituents is 1. The molecular weight excluding hydrogens is 484 g/mol. The van der Waals surface area contributed by atoms with Crippen molar-refractivity contribution in [1.29, 1.82) is 0 Å². The lowest BCUT2D eigenvalue weighted by Gasteiger charge is -2.28. The number of aromatic nitrogens is 1. The summed E-state index contributed by atoms with van der Waals surface area (Å²) in [5.41, 5.74) is 3.41. The molecule has 1 aromatic heterocycles. The van der Waals surface area contributed by atoms with Gasteiger partial charge in [0, 0.05) is 67.5 Å². The van der Waals surface area contributed by atoms with Crippen molar-refractivity contribution in [2.75, 3.05) is 44.7 Å². The zero-order valence-electron chi connectivity index (χ0n) is 20.9. The fraction of sp³-hybridized carbons (Fsp3) is 0.214. The number of likely N-dealkylation sites (N-methyl/N-ethyl adjacent to an activating group) is 1. The first-order chi connectivity index (χ1) is 18.4. The summed E-state index contributed by atoms with van der Waals surface area (Å²) < 4.78 is 0. The van der Waals surface area contributed by atoms with Crippen LogP contribution in [0.1, 0.15) is 11.1 Å². The molecule has 0 spiro atoms. The van der Waals surface area contributed by atoms with E-state index in [1.807, 2.05) is 42.5 Å². The molecule has 2 heterocycles. The van der Waals surface area contributed by atoms with E-state index in [0.29, 0.717) is 34.4 Å². The molecule has 0 atom stereocenters. The second-order valence-corrected chi connectivity index (χ2v) is 9.16. The molecule has 0 bridgehead atoms. The van der Waals surface area contributed by atoms with Crippen LogP contribution in [0.15, 0.2) is 77.8 Å². The fourth-order valence-corrected chi connectivity index (χ4v) is 4.57. The van der Waals surface area contributed by atoms with Crippen LogP contribution in [0.4, 0.5) is 17.1 Å². The average molecular weight is 513 g/mol. The summed E-state index contributed by atoms with van der Waals surface area (Å²) in [5.74, 6) is -0.114.